The van der Waals surface area contributed by atoms with Crippen molar-refractivity contribution in [2.24, 2.45) is 5.92 Å². The first-order valence-electron chi connectivity index (χ1n) is 9.88. The quantitative estimate of drug-likeness (QED) is 0.589. The molecule has 0 saturated heterocycles. The molecular formula is C23H21NO6. The molecule has 2 aliphatic carbocycles. The van der Waals surface area contributed by atoms with E-state index in [1.807, 2.05) is 30.3 Å². The molecule has 0 spiro atoms. The van der Waals surface area contributed by atoms with Crippen LogP contribution in [-0.2, 0) is 11.3 Å². The van der Waals surface area contributed by atoms with Gasteiger partial charge in [-0.15, -0.1) is 0 Å². The Hall–Kier alpha value is -2.84. The second-order valence-electron chi connectivity index (χ2n) is 7.92. The third-order valence-electron chi connectivity index (χ3n) is 6.23. The highest BCUT2D eigenvalue weighted by molar-refractivity contribution is 6.27. The van der Waals surface area contributed by atoms with Gasteiger partial charge in [-0.2, -0.15) is 0 Å². The third kappa shape index (κ3) is 2.74. The zero-order valence-electron chi connectivity index (χ0n) is 15.9. The maximum atomic E-state index is 13.2. The number of rotatable bonds is 3. The number of hydrogen-bond donors (Lipinski definition) is 4. The zero-order valence-corrected chi connectivity index (χ0v) is 15.9. The van der Waals surface area contributed by atoms with Gasteiger partial charge in [0.05, 0.1) is 24.4 Å². The predicted molar refractivity (Wildman–Crippen MR) is 106 cm³/mol. The zero-order chi connectivity index (χ0) is 21.0. The lowest BCUT2D eigenvalue weighted by Gasteiger charge is -2.43. The molecule has 6 atom stereocenters. The van der Waals surface area contributed by atoms with E-state index < -0.39 is 36.4 Å². The summed E-state index contributed by atoms with van der Waals surface area (Å²) in [4.78, 5) is 26.1. The number of benzene rings is 2. The molecule has 0 radical (unpaired) electrons. The van der Waals surface area contributed by atoms with Gasteiger partial charge in [0.2, 0.25) is 5.78 Å². The number of nitrogens with one attached hydrogen (secondary N) is 1. The highest BCUT2D eigenvalue weighted by Gasteiger charge is 2.57. The molecule has 1 heterocycles. The van der Waals surface area contributed by atoms with Crippen molar-refractivity contribution < 1.29 is 29.6 Å². The lowest BCUT2D eigenvalue weighted by Crippen LogP contribution is -2.63. The summed E-state index contributed by atoms with van der Waals surface area (Å²) in [5.41, 5.74) is 1.64. The summed E-state index contributed by atoms with van der Waals surface area (Å²) in [7, 11) is 0. The van der Waals surface area contributed by atoms with E-state index in [1.165, 1.54) is 0 Å². The van der Waals surface area contributed by atoms with Gasteiger partial charge in [-0.05, 0) is 5.56 Å². The average Bonchev–Trinajstić information content (AvgIpc) is 3.18. The minimum absolute atomic E-state index is 0.0858. The van der Waals surface area contributed by atoms with E-state index in [0.717, 1.165) is 5.56 Å². The molecule has 2 aromatic rings. The second kappa shape index (κ2) is 7.14. The summed E-state index contributed by atoms with van der Waals surface area (Å²) >= 11 is 0. The summed E-state index contributed by atoms with van der Waals surface area (Å²) < 4.78 is 5.78. The molecule has 1 fully saturated rings. The number of Topliss-reactive ketones (excluding diaryl/α,β-unsaturated/α-hetero) is 2. The SMILES string of the molecule is O=C1C2=C(C(=O)c3ccccc31)[C@@H]1[C@@H](O)[C@H](OCc3ccccc3)[C@@H](O)[C@H](O)[C@H]1N2. The lowest BCUT2D eigenvalue weighted by atomic mass is 9.72. The molecule has 0 bridgehead atoms. The molecule has 4 N–H and O–H groups in total. The Morgan fingerprint density at radius 2 is 1.43 bits per heavy atom. The summed E-state index contributed by atoms with van der Waals surface area (Å²) in [5.74, 6) is -1.58. The smallest absolute Gasteiger partial charge is 0.210 e. The molecular weight excluding hydrogens is 386 g/mol. The summed E-state index contributed by atoms with van der Waals surface area (Å²) in [6.45, 7) is 0.124. The van der Waals surface area contributed by atoms with Crippen molar-refractivity contribution in [3.05, 3.63) is 82.6 Å². The van der Waals surface area contributed by atoms with Crippen LogP contribution in [0.2, 0.25) is 0 Å². The number of aliphatic hydroxyl groups excluding tert-OH is 3. The normalized spacial score (nSPS) is 32.4. The van der Waals surface area contributed by atoms with Crippen molar-refractivity contribution in [2.45, 2.75) is 37.1 Å². The van der Waals surface area contributed by atoms with Crippen LogP contribution in [0.1, 0.15) is 26.3 Å². The van der Waals surface area contributed by atoms with Gasteiger partial charge in [-0.25, -0.2) is 0 Å². The monoisotopic (exact) mass is 407 g/mol. The van der Waals surface area contributed by atoms with E-state index >= 15 is 0 Å². The number of carbonyl (C=O) groups excluding carboxylic acids is 2. The number of hydrogen-bond acceptors (Lipinski definition) is 7. The molecule has 1 saturated carbocycles. The molecule has 2 aromatic carbocycles. The Labute approximate surface area is 172 Å². The van der Waals surface area contributed by atoms with Crippen molar-refractivity contribution in [1.29, 1.82) is 0 Å². The maximum absolute atomic E-state index is 13.2. The molecule has 0 amide bonds. The van der Waals surface area contributed by atoms with Gasteiger partial charge < -0.3 is 25.4 Å². The van der Waals surface area contributed by atoms with Gasteiger partial charge >= 0.3 is 0 Å². The minimum atomic E-state index is -1.38. The Kier molecular flexibility index (Phi) is 4.56. The van der Waals surface area contributed by atoms with E-state index in [0.29, 0.717) is 0 Å². The largest absolute Gasteiger partial charge is 0.390 e. The second-order valence-corrected chi connectivity index (χ2v) is 7.92. The Morgan fingerprint density at radius 1 is 0.800 bits per heavy atom. The van der Waals surface area contributed by atoms with Gasteiger partial charge in [0, 0.05) is 22.6 Å². The number of ether oxygens (including phenoxy) is 1. The number of fused-ring (bicyclic) bond motifs is 3. The van der Waals surface area contributed by atoms with Crippen molar-refractivity contribution >= 4 is 11.6 Å². The molecule has 7 heteroatoms. The average molecular weight is 407 g/mol. The van der Waals surface area contributed by atoms with Crippen LogP contribution < -0.4 is 5.32 Å². The molecule has 154 valence electrons. The highest BCUT2D eigenvalue weighted by atomic mass is 16.5. The number of allylic oxidation sites excluding steroid dienone is 1. The first-order chi connectivity index (χ1) is 14.5. The van der Waals surface area contributed by atoms with Crippen molar-refractivity contribution in [3.63, 3.8) is 0 Å². The van der Waals surface area contributed by atoms with Crippen LogP contribution in [0.15, 0.2) is 65.9 Å². The molecule has 5 rings (SSSR count). The van der Waals surface area contributed by atoms with Crippen molar-refractivity contribution in [2.75, 3.05) is 0 Å². The van der Waals surface area contributed by atoms with Gasteiger partial charge in [-0.1, -0.05) is 54.6 Å². The van der Waals surface area contributed by atoms with Crippen LogP contribution in [0.5, 0.6) is 0 Å². The van der Waals surface area contributed by atoms with Crippen LogP contribution in [0.25, 0.3) is 0 Å². The molecule has 3 aliphatic rings. The van der Waals surface area contributed by atoms with E-state index in [2.05, 4.69) is 5.32 Å². The maximum Gasteiger partial charge on any atom is 0.210 e. The van der Waals surface area contributed by atoms with Gasteiger partial charge in [0.15, 0.2) is 5.78 Å². The first-order valence-corrected chi connectivity index (χ1v) is 9.88. The summed E-state index contributed by atoms with van der Waals surface area (Å²) in [5, 5.41) is 35.3. The van der Waals surface area contributed by atoms with Crippen molar-refractivity contribution in [1.82, 2.24) is 5.32 Å². The lowest BCUT2D eigenvalue weighted by molar-refractivity contribution is -0.184. The Bertz CT molecular complexity index is 1050. The summed E-state index contributed by atoms with van der Waals surface area (Å²) in [6.07, 6.45) is -5.10. The number of carbonyl (C=O) groups is 2. The molecule has 0 aromatic heterocycles. The van der Waals surface area contributed by atoms with E-state index in [-0.39, 0.29) is 40.6 Å². The number of ketones is 2. The standard InChI is InChI=1S/C23H21NO6/c25-18-12-8-4-5-9-13(12)19(26)16-14(18)15-17(24-16)21(28)22(29)23(20(15)27)30-10-11-6-2-1-3-7-11/h1-9,15,17,20-24,27-29H,10H2/t15-,17-,20+,21+,22-,23-/m0/s1. The van der Waals surface area contributed by atoms with Crippen LogP contribution in [0.4, 0.5) is 0 Å². The molecule has 7 nitrogen and oxygen atoms in total. The topological polar surface area (TPSA) is 116 Å². The van der Waals surface area contributed by atoms with E-state index in [9.17, 15) is 24.9 Å². The number of aliphatic hydroxyl groups is 3. The van der Waals surface area contributed by atoms with Crippen LogP contribution in [0.3, 0.4) is 0 Å². The van der Waals surface area contributed by atoms with Gasteiger partial charge in [0.25, 0.3) is 0 Å². The fraction of sp³-hybridized carbons (Fsp3) is 0.304. The molecule has 0 unspecified atom stereocenters. The van der Waals surface area contributed by atoms with Crippen LogP contribution in [0, 0.1) is 5.92 Å². The molecule has 1 aliphatic heterocycles. The van der Waals surface area contributed by atoms with Gasteiger partial charge in [0.1, 0.15) is 18.3 Å². The minimum Gasteiger partial charge on any atom is -0.390 e. The Balaban J connectivity index is 1.48. The molecule has 30 heavy (non-hydrogen) atoms. The highest BCUT2D eigenvalue weighted by Crippen LogP contribution is 2.43. The summed E-state index contributed by atoms with van der Waals surface area (Å²) in [6, 6.07) is 14.9. The fourth-order valence-corrected chi connectivity index (χ4v) is 4.75. The van der Waals surface area contributed by atoms with Gasteiger partial charge in [-0.3, -0.25) is 9.59 Å². The third-order valence-corrected chi connectivity index (χ3v) is 6.23. The predicted octanol–water partition coefficient (Wildman–Crippen LogP) is 0.589. The fourth-order valence-electron chi connectivity index (χ4n) is 4.75. The van der Waals surface area contributed by atoms with Crippen molar-refractivity contribution in [3.8, 4) is 0 Å². The Morgan fingerprint density at radius 3 is 2.13 bits per heavy atom. The van der Waals surface area contributed by atoms with E-state index in [1.54, 1.807) is 24.3 Å². The van der Waals surface area contributed by atoms with E-state index in [4.69, 9.17) is 4.74 Å². The van der Waals surface area contributed by atoms with Crippen LogP contribution in [-0.4, -0.2) is 57.3 Å². The first kappa shape index (κ1) is 19.1. The van der Waals surface area contributed by atoms with Crippen LogP contribution >= 0.6 is 0 Å².